The number of hydrogen-bond donors (Lipinski definition) is 0. The quantitative estimate of drug-likeness (QED) is 0.355. The first-order valence-corrected chi connectivity index (χ1v) is 3.32. The van der Waals surface area contributed by atoms with E-state index in [1.54, 1.807) is 0 Å². The van der Waals surface area contributed by atoms with Crippen molar-refractivity contribution in [3.63, 3.8) is 0 Å². The van der Waals surface area contributed by atoms with Crippen LogP contribution >= 0.6 is 23.2 Å². The van der Waals surface area contributed by atoms with Crippen molar-refractivity contribution in [2.45, 2.75) is 0 Å². The predicted molar refractivity (Wildman–Crippen MR) is 40.8 cm³/mol. The third-order valence-electron chi connectivity index (χ3n) is 0.656. The van der Waals surface area contributed by atoms with Crippen LogP contribution in [0.4, 0.5) is 0 Å². The van der Waals surface area contributed by atoms with Crippen LogP contribution in [0.15, 0.2) is 23.9 Å². The third kappa shape index (κ3) is 4.37. The monoisotopic (exact) mass is 166 g/mol. The van der Waals surface area contributed by atoms with Crippen LogP contribution in [0.25, 0.3) is 0 Å². The van der Waals surface area contributed by atoms with Crippen LogP contribution in [-0.2, 0) is 4.74 Å². The van der Waals surface area contributed by atoms with Crippen molar-refractivity contribution < 1.29 is 4.74 Å². The van der Waals surface area contributed by atoms with E-state index < -0.39 is 0 Å². The van der Waals surface area contributed by atoms with Crippen molar-refractivity contribution in [2.75, 3.05) is 12.5 Å². The molecule has 0 fully saturated rings. The summed E-state index contributed by atoms with van der Waals surface area (Å²) in [4.78, 5) is 0. The van der Waals surface area contributed by atoms with Crippen molar-refractivity contribution in [3.8, 4) is 0 Å². The van der Waals surface area contributed by atoms with Crippen LogP contribution in [0, 0.1) is 0 Å². The molecule has 0 atom stereocenters. The van der Waals surface area contributed by atoms with Crippen molar-refractivity contribution in [1.82, 2.24) is 0 Å². The first kappa shape index (κ1) is 8.86. The van der Waals surface area contributed by atoms with Gasteiger partial charge >= 0.3 is 0 Å². The minimum Gasteiger partial charge on any atom is -0.491 e. The smallest absolute Gasteiger partial charge is 0.130 e. The summed E-state index contributed by atoms with van der Waals surface area (Å²) in [6.07, 6.45) is 0. The lowest BCUT2D eigenvalue weighted by atomic mass is 10.5. The number of halogens is 2. The summed E-state index contributed by atoms with van der Waals surface area (Å²) in [7, 11) is 0. The van der Waals surface area contributed by atoms with E-state index in [-0.39, 0.29) is 0 Å². The highest BCUT2D eigenvalue weighted by atomic mass is 35.5. The molecule has 0 spiro atoms. The van der Waals surface area contributed by atoms with Gasteiger partial charge in [-0.1, -0.05) is 24.8 Å². The second-order valence-electron chi connectivity index (χ2n) is 1.37. The highest BCUT2D eigenvalue weighted by molar-refractivity contribution is 6.31. The van der Waals surface area contributed by atoms with Gasteiger partial charge in [-0.3, -0.25) is 0 Å². The Balaban J connectivity index is 3.39. The van der Waals surface area contributed by atoms with E-state index in [0.29, 0.717) is 23.3 Å². The van der Waals surface area contributed by atoms with Gasteiger partial charge in [-0.2, -0.15) is 0 Å². The minimum absolute atomic E-state index is 0.320. The summed E-state index contributed by atoms with van der Waals surface area (Å²) in [6, 6.07) is 0. The molecule has 0 aromatic rings. The van der Waals surface area contributed by atoms with Crippen LogP contribution in [0.2, 0.25) is 0 Å². The van der Waals surface area contributed by atoms with Crippen LogP contribution in [-0.4, -0.2) is 12.5 Å². The highest BCUT2D eigenvalue weighted by Gasteiger charge is 1.94. The zero-order chi connectivity index (χ0) is 7.28. The van der Waals surface area contributed by atoms with E-state index in [0.717, 1.165) is 0 Å². The van der Waals surface area contributed by atoms with Crippen LogP contribution in [0.3, 0.4) is 0 Å². The summed E-state index contributed by atoms with van der Waals surface area (Å²) in [5, 5.41) is 0.320. The number of rotatable bonds is 4. The van der Waals surface area contributed by atoms with E-state index in [9.17, 15) is 0 Å². The molecular formula is C6H8Cl2O. The van der Waals surface area contributed by atoms with Gasteiger partial charge in [-0.15, -0.1) is 11.6 Å². The van der Waals surface area contributed by atoms with Gasteiger partial charge in [0.15, 0.2) is 0 Å². The summed E-state index contributed by atoms with van der Waals surface area (Å²) in [5.74, 6) is 0.820. The molecule has 52 valence electrons. The summed E-state index contributed by atoms with van der Waals surface area (Å²) >= 11 is 10.7. The molecule has 0 aliphatic carbocycles. The first-order chi connectivity index (χ1) is 4.18. The minimum atomic E-state index is 0.320. The van der Waals surface area contributed by atoms with Crippen molar-refractivity contribution in [2.24, 2.45) is 0 Å². The molecule has 0 amide bonds. The Morgan fingerprint density at radius 1 is 1.44 bits per heavy atom. The molecule has 0 aliphatic heterocycles. The zero-order valence-electron chi connectivity index (χ0n) is 4.99. The molecule has 0 radical (unpaired) electrons. The number of alkyl halides is 1. The average Bonchev–Trinajstić information content (AvgIpc) is 1.82. The first-order valence-electron chi connectivity index (χ1n) is 2.41. The van der Waals surface area contributed by atoms with Gasteiger partial charge in [0, 0.05) is 0 Å². The molecule has 1 nitrogen and oxygen atoms in total. The largest absolute Gasteiger partial charge is 0.491 e. The summed E-state index contributed by atoms with van der Waals surface area (Å²) in [6.45, 7) is 7.31. The molecule has 0 saturated heterocycles. The third-order valence-corrected chi connectivity index (χ3v) is 1.02. The van der Waals surface area contributed by atoms with Crippen LogP contribution in [0.5, 0.6) is 0 Å². The van der Waals surface area contributed by atoms with Gasteiger partial charge in [0.05, 0.1) is 10.9 Å². The lowest BCUT2D eigenvalue weighted by Gasteiger charge is -2.03. The molecule has 0 aromatic carbocycles. The topological polar surface area (TPSA) is 9.23 Å². The molecule has 0 heterocycles. The van der Waals surface area contributed by atoms with Crippen molar-refractivity contribution in [1.29, 1.82) is 0 Å². The fourth-order valence-corrected chi connectivity index (χ4v) is 0.372. The van der Waals surface area contributed by atoms with Gasteiger partial charge in [0.25, 0.3) is 0 Å². The fourth-order valence-electron chi connectivity index (χ4n) is 0.240. The van der Waals surface area contributed by atoms with Crippen molar-refractivity contribution >= 4 is 23.2 Å². The van der Waals surface area contributed by atoms with Gasteiger partial charge in [-0.25, -0.2) is 0 Å². The number of ether oxygens (including phenoxy) is 1. The Labute approximate surface area is 64.9 Å². The van der Waals surface area contributed by atoms with E-state index in [2.05, 4.69) is 13.2 Å². The average molecular weight is 167 g/mol. The van der Waals surface area contributed by atoms with E-state index >= 15 is 0 Å². The molecule has 0 bridgehead atoms. The fraction of sp³-hybridized carbons (Fsp3) is 0.333. The van der Waals surface area contributed by atoms with E-state index in [1.165, 1.54) is 0 Å². The maximum atomic E-state index is 5.40. The van der Waals surface area contributed by atoms with Crippen LogP contribution in [0.1, 0.15) is 0 Å². The standard InChI is InChI=1S/C6H8Cl2O/c1-5(8)6(2)9-4-3-7/h1-4H2. The SMILES string of the molecule is C=C(Cl)C(=C)OCCCl. The molecule has 0 saturated carbocycles. The Bertz CT molecular complexity index is 120. The molecule has 0 unspecified atom stereocenters. The molecular weight excluding hydrogens is 159 g/mol. The molecule has 9 heavy (non-hydrogen) atoms. The zero-order valence-corrected chi connectivity index (χ0v) is 6.50. The second kappa shape index (κ2) is 4.71. The maximum absolute atomic E-state index is 5.40. The molecule has 3 heteroatoms. The van der Waals surface area contributed by atoms with E-state index in [4.69, 9.17) is 27.9 Å². The normalized spacial score (nSPS) is 8.67. The van der Waals surface area contributed by atoms with E-state index in [1.807, 2.05) is 0 Å². The maximum Gasteiger partial charge on any atom is 0.130 e. The Morgan fingerprint density at radius 2 is 2.00 bits per heavy atom. The van der Waals surface area contributed by atoms with Gasteiger partial charge in [0.1, 0.15) is 12.4 Å². The molecule has 0 rings (SSSR count). The lowest BCUT2D eigenvalue weighted by molar-refractivity contribution is 0.245. The summed E-state index contributed by atoms with van der Waals surface area (Å²) < 4.78 is 4.89. The number of hydrogen-bond acceptors (Lipinski definition) is 1. The summed E-state index contributed by atoms with van der Waals surface area (Å²) in [5.41, 5.74) is 0. The Morgan fingerprint density at radius 3 is 2.33 bits per heavy atom. The van der Waals surface area contributed by atoms with Crippen molar-refractivity contribution in [3.05, 3.63) is 23.9 Å². The second-order valence-corrected chi connectivity index (χ2v) is 2.20. The Kier molecular flexibility index (Phi) is 4.64. The van der Waals surface area contributed by atoms with Crippen LogP contribution < -0.4 is 0 Å². The molecule has 0 aliphatic rings. The van der Waals surface area contributed by atoms with Gasteiger partial charge in [0.2, 0.25) is 0 Å². The molecule has 0 aromatic heterocycles. The Hall–Kier alpha value is -0.140. The predicted octanol–water partition coefficient (Wildman–Crippen LogP) is 2.51. The van der Waals surface area contributed by atoms with Gasteiger partial charge < -0.3 is 4.74 Å². The number of allylic oxidation sites excluding steroid dienone is 1. The molecule has 0 N–H and O–H groups in total. The van der Waals surface area contributed by atoms with Gasteiger partial charge in [-0.05, 0) is 0 Å². The highest BCUT2D eigenvalue weighted by Crippen LogP contribution is 2.10. The lowest BCUT2D eigenvalue weighted by Crippen LogP contribution is -1.93.